The van der Waals surface area contributed by atoms with Crippen LogP contribution in [0.3, 0.4) is 0 Å². The number of rotatable bonds is 9. The predicted molar refractivity (Wildman–Crippen MR) is 148 cm³/mol. The molecule has 0 radical (unpaired) electrons. The lowest BCUT2D eigenvalue weighted by molar-refractivity contribution is -0.143. The largest absolute Gasteiger partial charge is 0.483 e. The number of ether oxygens (including phenoxy) is 1. The summed E-state index contributed by atoms with van der Waals surface area (Å²) >= 11 is 0. The first-order valence-corrected chi connectivity index (χ1v) is 12.7. The van der Waals surface area contributed by atoms with Crippen LogP contribution in [-0.2, 0) is 22.6 Å². The molecule has 1 atom stereocenters. The van der Waals surface area contributed by atoms with Crippen molar-refractivity contribution in [1.82, 2.24) is 10.2 Å². The third-order valence-corrected chi connectivity index (χ3v) is 6.14. The number of fused-ring (bicyclic) bond motifs is 1. The molecule has 0 aliphatic heterocycles. The lowest BCUT2D eigenvalue weighted by Crippen LogP contribution is -2.55. The minimum Gasteiger partial charge on any atom is -0.483 e. The average Bonchev–Trinajstić information content (AvgIpc) is 2.90. The molecule has 0 fully saturated rings. The van der Waals surface area contributed by atoms with Gasteiger partial charge in [-0.25, -0.2) is 4.39 Å². The van der Waals surface area contributed by atoms with Crippen LogP contribution in [0.4, 0.5) is 4.39 Å². The van der Waals surface area contributed by atoms with Gasteiger partial charge in [0.15, 0.2) is 6.61 Å². The Bertz CT molecular complexity index is 1380. The normalized spacial score (nSPS) is 12.1. The van der Waals surface area contributed by atoms with E-state index < -0.39 is 11.6 Å². The summed E-state index contributed by atoms with van der Waals surface area (Å²) in [6, 6.07) is 28.2. The van der Waals surface area contributed by atoms with Gasteiger partial charge in [-0.1, -0.05) is 78.9 Å². The molecule has 196 valence electrons. The molecule has 4 aromatic carbocycles. The van der Waals surface area contributed by atoms with Gasteiger partial charge in [-0.2, -0.15) is 0 Å². The molecule has 38 heavy (non-hydrogen) atoms. The molecule has 5 nitrogen and oxygen atoms in total. The van der Waals surface area contributed by atoms with Crippen molar-refractivity contribution in [3.8, 4) is 5.75 Å². The molecule has 0 heterocycles. The highest BCUT2D eigenvalue weighted by molar-refractivity contribution is 5.90. The molecule has 0 aliphatic carbocycles. The topological polar surface area (TPSA) is 58.6 Å². The van der Waals surface area contributed by atoms with Crippen molar-refractivity contribution >= 4 is 22.6 Å². The van der Waals surface area contributed by atoms with Gasteiger partial charge in [0.25, 0.3) is 5.91 Å². The maximum Gasteiger partial charge on any atom is 0.261 e. The second kappa shape index (κ2) is 11.9. The average molecular weight is 513 g/mol. The number of hydrogen-bond acceptors (Lipinski definition) is 3. The quantitative estimate of drug-likeness (QED) is 0.303. The zero-order valence-corrected chi connectivity index (χ0v) is 22.0. The lowest BCUT2D eigenvalue weighted by Gasteiger charge is -2.33. The van der Waals surface area contributed by atoms with E-state index in [2.05, 4.69) is 5.32 Å². The molecule has 0 bridgehead atoms. The maximum atomic E-state index is 13.8. The third-order valence-electron chi connectivity index (χ3n) is 6.14. The van der Waals surface area contributed by atoms with Gasteiger partial charge >= 0.3 is 0 Å². The highest BCUT2D eigenvalue weighted by atomic mass is 19.1. The Hall–Kier alpha value is -4.19. The second-order valence-electron chi connectivity index (χ2n) is 10.4. The predicted octanol–water partition coefficient (Wildman–Crippen LogP) is 5.91. The zero-order valence-electron chi connectivity index (χ0n) is 22.0. The summed E-state index contributed by atoms with van der Waals surface area (Å²) in [6.07, 6.45) is 0.323. The molecule has 6 heteroatoms. The molecule has 4 aromatic rings. The standard InChI is InChI=1S/C32H33FN2O3/c1-32(2,3)34-31(37)28(20-23-10-5-4-6-11-23)35(21-24-16-18-26(33)19-17-24)30(36)22-38-29-15-9-13-25-12-7-8-14-27(25)29/h4-19,28H,20-22H2,1-3H3,(H,34,37)/t28-/m1/s1. The van der Waals surface area contributed by atoms with Gasteiger partial charge in [0.2, 0.25) is 5.91 Å². The van der Waals surface area contributed by atoms with Crippen LogP contribution in [0.5, 0.6) is 5.75 Å². The SMILES string of the molecule is CC(C)(C)NC(=O)[C@@H](Cc1ccccc1)N(Cc1ccc(F)cc1)C(=O)COc1cccc2ccccc12. The molecule has 0 saturated carbocycles. The first-order valence-electron chi connectivity index (χ1n) is 12.7. The Kier molecular flexibility index (Phi) is 8.41. The number of benzene rings is 4. The number of amides is 2. The molecular formula is C32H33FN2O3. The van der Waals surface area contributed by atoms with Crippen molar-refractivity contribution < 1.29 is 18.7 Å². The number of hydrogen-bond donors (Lipinski definition) is 1. The van der Waals surface area contributed by atoms with Gasteiger partial charge in [-0.05, 0) is 55.5 Å². The number of halogens is 1. The van der Waals surface area contributed by atoms with Crippen LogP contribution in [0.2, 0.25) is 0 Å². The van der Waals surface area contributed by atoms with E-state index in [1.165, 1.54) is 17.0 Å². The zero-order chi connectivity index (χ0) is 27.1. The second-order valence-corrected chi connectivity index (χ2v) is 10.4. The van der Waals surface area contributed by atoms with E-state index in [4.69, 9.17) is 4.74 Å². The van der Waals surface area contributed by atoms with E-state index in [0.717, 1.165) is 16.3 Å². The Labute approximate surface area is 223 Å². The fraction of sp³-hybridized carbons (Fsp3) is 0.250. The molecule has 0 saturated heterocycles. The van der Waals surface area contributed by atoms with Crippen LogP contribution < -0.4 is 10.1 Å². The summed E-state index contributed by atoms with van der Waals surface area (Å²) in [5.41, 5.74) is 1.15. The van der Waals surface area contributed by atoms with Crippen LogP contribution in [0.1, 0.15) is 31.9 Å². The van der Waals surface area contributed by atoms with Crippen LogP contribution in [0, 0.1) is 5.82 Å². The molecule has 2 amide bonds. The Morgan fingerprint density at radius 3 is 2.21 bits per heavy atom. The Balaban J connectivity index is 1.65. The van der Waals surface area contributed by atoms with E-state index in [0.29, 0.717) is 17.7 Å². The monoisotopic (exact) mass is 512 g/mol. The molecular weight excluding hydrogens is 479 g/mol. The highest BCUT2D eigenvalue weighted by Crippen LogP contribution is 2.25. The van der Waals surface area contributed by atoms with Gasteiger partial charge < -0.3 is 15.0 Å². The van der Waals surface area contributed by atoms with Gasteiger partial charge in [0.05, 0.1) is 0 Å². The Morgan fingerprint density at radius 1 is 0.842 bits per heavy atom. The highest BCUT2D eigenvalue weighted by Gasteiger charge is 2.32. The molecule has 4 rings (SSSR count). The van der Waals surface area contributed by atoms with Crippen LogP contribution in [0.15, 0.2) is 97.1 Å². The van der Waals surface area contributed by atoms with E-state index in [1.54, 1.807) is 12.1 Å². The van der Waals surface area contributed by atoms with E-state index in [1.807, 2.05) is 93.6 Å². The van der Waals surface area contributed by atoms with E-state index in [-0.39, 0.29) is 30.8 Å². The third kappa shape index (κ3) is 7.19. The molecule has 0 unspecified atom stereocenters. The van der Waals surface area contributed by atoms with Gasteiger partial charge in [0.1, 0.15) is 17.6 Å². The summed E-state index contributed by atoms with van der Waals surface area (Å²) in [6.45, 7) is 5.59. The summed E-state index contributed by atoms with van der Waals surface area (Å²) in [7, 11) is 0. The number of nitrogens with one attached hydrogen (secondary N) is 1. The van der Waals surface area contributed by atoms with Crippen molar-refractivity contribution in [2.24, 2.45) is 0 Å². The van der Waals surface area contributed by atoms with Crippen LogP contribution in [0.25, 0.3) is 10.8 Å². The Morgan fingerprint density at radius 2 is 1.50 bits per heavy atom. The van der Waals surface area contributed by atoms with Crippen molar-refractivity contribution in [3.63, 3.8) is 0 Å². The number of carbonyl (C=O) groups excluding carboxylic acids is 2. The first-order chi connectivity index (χ1) is 18.2. The van der Waals surface area contributed by atoms with Crippen molar-refractivity contribution in [3.05, 3.63) is 114 Å². The summed E-state index contributed by atoms with van der Waals surface area (Å²) in [5.74, 6) is -0.372. The van der Waals surface area contributed by atoms with E-state index in [9.17, 15) is 14.0 Å². The van der Waals surface area contributed by atoms with Crippen molar-refractivity contribution in [2.75, 3.05) is 6.61 Å². The lowest BCUT2D eigenvalue weighted by atomic mass is 10.0. The summed E-state index contributed by atoms with van der Waals surface area (Å²) in [4.78, 5) is 28.9. The molecule has 1 N–H and O–H groups in total. The molecule has 0 spiro atoms. The fourth-order valence-corrected chi connectivity index (χ4v) is 4.34. The summed E-state index contributed by atoms with van der Waals surface area (Å²) < 4.78 is 19.6. The number of carbonyl (C=O) groups is 2. The first kappa shape index (κ1) is 26.9. The minimum atomic E-state index is -0.801. The van der Waals surface area contributed by atoms with Gasteiger partial charge in [-0.15, -0.1) is 0 Å². The smallest absolute Gasteiger partial charge is 0.261 e. The van der Waals surface area contributed by atoms with Gasteiger partial charge in [-0.3, -0.25) is 9.59 Å². The molecule has 0 aromatic heterocycles. The maximum absolute atomic E-state index is 13.8. The van der Waals surface area contributed by atoms with E-state index >= 15 is 0 Å². The van der Waals surface area contributed by atoms with Gasteiger partial charge in [0, 0.05) is 23.9 Å². The number of nitrogens with zero attached hydrogens (tertiary/aromatic N) is 1. The van der Waals surface area contributed by atoms with Crippen molar-refractivity contribution in [1.29, 1.82) is 0 Å². The fourth-order valence-electron chi connectivity index (χ4n) is 4.34. The van der Waals surface area contributed by atoms with Crippen LogP contribution in [-0.4, -0.2) is 34.9 Å². The van der Waals surface area contributed by atoms with Crippen LogP contribution >= 0.6 is 0 Å². The summed E-state index contributed by atoms with van der Waals surface area (Å²) in [5, 5.41) is 4.94. The molecule has 0 aliphatic rings. The minimum absolute atomic E-state index is 0.132. The van der Waals surface area contributed by atoms with Crippen molar-refractivity contribution in [2.45, 2.75) is 45.3 Å².